The number of ether oxygens (including phenoxy) is 1. The molecule has 1 nitrogen and oxygen atoms in total. The Kier molecular flexibility index (Phi) is 2.26. The first-order valence-corrected chi connectivity index (χ1v) is 5.06. The highest BCUT2D eigenvalue weighted by Gasteiger charge is 2.24. The number of aryl methyl sites for hydroxylation is 2. The van der Waals surface area contributed by atoms with Gasteiger partial charge >= 0.3 is 0 Å². The molecule has 0 bridgehead atoms. The van der Waals surface area contributed by atoms with Crippen LogP contribution in [0.2, 0.25) is 0 Å². The van der Waals surface area contributed by atoms with E-state index in [-0.39, 0.29) is 0 Å². The summed E-state index contributed by atoms with van der Waals surface area (Å²) in [4.78, 5) is 0. The molecule has 0 heterocycles. The molecule has 0 saturated heterocycles. The molecule has 0 aliphatic heterocycles. The summed E-state index contributed by atoms with van der Waals surface area (Å²) in [5.74, 6) is 1.09. The van der Waals surface area contributed by atoms with Crippen molar-refractivity contribution in [3.63, 3.8) is 0 Å². The van der Waals surface area contributed by atoms with Crippen LogP contribution in [0.1, 0.15) is 30.9 Å². The maximum atomic E-state index is 5.80. The van der Waals surface area contributed by atoms with E-state index < -0.39 is 0 Å². The fourth-order valence-corrected chi connectivity index (χ4v) is 1.46. The second-order valence-electron chi connectivity index (χ2n) is 3.78. The zero-order valence-electron chi connectivity index (χ0n) is 8.34. The van der Waals surface area contributed by atoms with Gasteiger partial charge in [0, 0.05) is 0 Å². The van der Waals surface area contributed by atoms with Crippen LogP contribution in [-0.2, 0) is 6.42 Å². The zero-order chi connectivity index (χ0) is 9.26. The molecule has 1 aliphatic rings. The molecular weight excluding hydrogens is 160 g/mol. The van der Waals surface area contributed by atoms with Crippen molar-refractivity contribution in [2.75, 3.05) is 0 Å². The van der Waals surface area contributed by atoms with E-state index in [1.54, 1.807) is 0 Å². The van der Waals surface area contributed by atoms with Crippen molar-refractivity contribution in [1.29, 1.82) is 0 Å². The lowest BCUT2D eigenvalue weighted by Gasteiger charge is -2.09. The molecule has 0 aromatic heterocycles. The summed E-state index contributed by atoms with van der Waals surface area (Å²) in [5, 5.41) is 0. The summed E-state index contributed by atoms with van der Waals surface area (Å²) in [5.41, 5.74) is 2.66. The van der Waals surface area contributed by atoms with Gasteiger partial charge in [0.15, 0.2) is 0 Å². The van der Waals surface area contributed by atoms with Crippen molar-refractivity contribution in [3.05, 3.63) is 29.3 Å². The van der Waals surface area contributed by atoms with Crippen molar-refractivity contribution in [2.24, 2.45) is 0 Å². The van der Waals surface area contributed by atoms with Crippen molar-refractivity contribution in [1.82, 2.24) is 0 Å². The van der Waals surface area contributed by atoms with Gasteiger partial charge in [0.2, 0.25) is 0 Å². The molecule has 0 radical (unpaired) electrons. The summed E-state index contributed by atoms with van der Waals surface area (Å²) < 4.78 is 5.80. The zero-order valence-corrected chi connectivity index (χ0v) is 8.34. The first-order chi connectivity index (χ1) is 6.29. The van der Waals surface area contributed by atoms with Gasteiger partial charge in [0.1, 0.15) is 5.75 Å². The third-order valence-corrected chi connectivity index (χ3v) is 2.41. The summed E-state index contributed by atoms with van der Waals surface area (Å²) in [6.45, 7) is 4.30. The molecule has 1 aliphatic carbocycles. The molecular formula is C12H16O. The van der Waals surface area contributed by atoms with Crippen LogP contribution in [0, 0.1) is 6.92 Å². The van der Waals surface area contributed by atoms with Gasteiger partial charge in [-0.2, -0.15) is 0 Å². The van der Waals surface area contributed by atoms with E-state index in [1.165, 1.54) is 24.0 Å². The highest BCUT2D eigenvalue weighted by atomic mass is 16.5. The van der Waals surface area contributed by atoms with Crippen LogP contribution in [0.15, 0.2) is 18.2 Å². The summed E-state index contributed by atoms with van der Waals surface area (Å²) in [7, 11) is 0. The Morgan fingerprint density at radius 1 is 1.38 bits per heavy atom. The van der Waals surface area contributed by atoms with Gasteiger partial charge in [0.25, 0.3) is 0 Å². The lowest BCUT2D eigenvalue weighted by molar-refractivity contribution is 0.300. The molecule has 0 amide bonds. The molecule has 2 rings (SSSR count). The van der Waals surface area contributed by atoms with Gasteiger partial charge in [-0.05, 0) is 37.8 Å². The van der Waals surface area contributed by atoms with Crippen LogP contribution in [0.5, 0.6) is 5.75 Å². The first-order valence-electron chi connectivity index (χ1n) is 5.06. The van der Waals surface area contributed by atoms with E-state index in [2.05, 4.69) is 32.0 Å². The minimum absolute atomic E-state index is 0.507. The highest BCUT2D eigenvalue weighted by Crippen LogP contribution is 2.29. The Hall–Kier alpha value is -0.980. The largest absolute Gasteiger partial charge is 0.490 e. The smallest absolute Gasteiger partial charge is 0.122 e. The van der Waals surface area contributed by atoms with E-state index in [0.717, 1.165) is 12.2 Å². The van der Waals surface area contributed by atoms with E-state index in [9.17, 15) is 0 Å². The average molecular weight is 176 g/mol. The summed E-state index contributed by atoms with van der Waals surface area (Å²) in [6.07, 6.45) is 4.03. The van der Waals surface area contributed by atoms with Gasteiger partial charge in [-0.25, -0.2) is 0 Å². The number of benzene rings is 1. The fourth-order valence-electron chi connectivity index (χ4n) is 1.46. The van der Waals surface area contributed by atoms with Gasteiger partial charge in [0.05, 0.1) is 6.10 Å². The molecule has 0 N–H and O–H groups in total. The molecule has 1 fully saturated rings. The van der Waals surface area contributed by atoms with Crippen LogP contribution >= 0.6 is 0 Å². The predicted molar refractivity (Wildman–Crippen MR) is 54.2 cm³/mol. The van der Waals surface area contributed by atoms with Crippen molar-refractivity contribution < 1.29 is 4.74 Å². The SMILES string of the molecule is CCc1cc(C)ccc1OC1CC1. The average Bonchev–Trinajstić information content (AvgIpc) is 2.92. The molecule has 0 spiro atoms. The molecule has 70 valence electrons. The van der Waals surface area contributed by atoms with Gasteiger partial charge in [-0.1, -0.05) is 24.6 Å². The molecule has 0 unspecified atom stereocenters. The Labute approximate surface area is 79.7 Å². The quantitative estimate of drug-likeness (QED) is 0.687. The predicted octanol–water partition coefficient (Wildman–Crippen LogP) is 3.10. The lowest BCUT2D eigenvalue weighted by atomic mass is 10.1. The Morgan fingerprint density at radius 3 is 2.77 bits per heavy atom. The number of rotatable bonds is 3. The molecule has 0 atom stereocenters. The van der Waals surface area contributed by atoms with Gasteiger partial charge < -0.3 is 4.74 Å². The molecule has 13 heavy (non-hydrogen) atoms. The second-order valence-corrected chi connectivity index (χ2v) is 3.78. The highest BCUT2D eigenvalue weighted by molar-refractivity contribution is 5.37. The first kappa shape index (κ1) is 8.61. The lowest BCUT2D eigenvalue weighted by Crippen LogP contribution is -1.99. The molecule has 1 saturated carbocycles. The van der Waals surface area contributed by atoms with E-state index >= 15 is 0 Å². The Balaban J connectivity index is 2.21. The van der Waals surface area contributed by atoms with E-state index in [4.69, 9.17) is 4.74 Å². The summed E-state index contributed by atoms with van der Waals surface area (Å²) >= 11 is 0. The van der Waals surface area contributed by atoms with E-state index in [1.807, 2.05) is 0 Å². The van der Waals surface area contributed by atoms with Crippen molar-refractivity contribution in [3.8, 4) is 5.75 Å². The number of hydrogen-bond acceptors (Lipinski definition) is 1. The topological polar surface area (TPSA) is 9.23 Å². The third-order valence-electron chi connectivity index (χ3n) is 2.41. The maximum absolute atomic E-state index is 5.80. The third kappa shape index (κ3) is 2.03. The minimum Gasteiger partial charge on any atom is -0.490 e. The minimum atomic E-state index is 0.507. The molecule has 1 aromatic rings. The number of hydrogen-bond donors (Lipinski definition) is 0. The van der Waals surface area contributed by atoms with Crippen molar-refractivity contribution >= 4 is 0 Å². The fraction of sp³-hybridized carbons (Fsp3) is 0.500. The molecule has 1 heteroatoms. The monoisotopic (exact) mass is 176 g/mol. The second kappa shape index (κ2) is 3.41. The standard InChI is InChI=1S/C12H16O/c1-3-10-8-9(2)4-7-12(10)13-11-5-6-11/h4,7-8,11H,3,5-6H2,1-2H3. The Bertz CT molecular complexity index is 300. The van der Waals surface area contributed by atoms with Crippen LogP contribution < -0.4 is 4.74 Å². The Morgan fingerprint density at radius 2 is 2.15 bits per heavy atom. The van der Waals surface area contributed by atoms with Crippen LogP contribution in [0.3, 0.4) is 0 Å². The van der Waals surface area contributed by atoms with Crippen LogP contribution in [-0.4, -0.2) is 6.10 Å². The molecule has 1 aromatic carbocycles. The maximum Gasteiger partial charge on any atom is 0.122 e. The van der Waals surface area contributed by atoms with Crippen molar-refractivity contribution in [2.45, 2.75) is 39.2 Å². The van der Waals surface area contributed by atoms with Gasteiger partial charge in [-0.3, -0.25) is 0 Å². The normalized spacial score (nSPS) is 15.8. The summed E-state index contributed by atoms with van der Waals surface area (Å²) in [6, 6.07) is 6.45. The van der Waals surface area contributed by atoms with Crippen LogP contribution in [0.4, 0.5) is 0 Å². The van der Waals surface area contributed by atoms with E-state index in [0.29, 0.717) is 6.10 Å². The van der Waals surface area contributed by atoms with Crippen LogP contribution in [0.25, 0.3) is 0 Å². The van der Waals surface area contributed by atoms with Gasteiger partial charge in [-0.15, -0.1) is 0 Å².